The van der Waals surface area contributed by atoms with Gasteiger partial charge in [-0.1, -0.05) is 12.1 Å². The first-order valence-corrected chi connectivity index (χ1v) is 7.13. The zero-order chi connectivity index (χ0) is 15.0. The maximum absolute atomic E-state index is 10.00. The molecule has 0 bridgehead atoms. The highest BCUT2D eigenvalue weighted by Gasteiger charge is 2.08. The van der Waals surface area contributed by atoms with Crippen LogP contribution in [-0.2, 0) is 9.47 Å². The summed E-state index contributed by atoms with van der Waals surface area (Å²) in [5, 5.41) is 10.00. The van der Waals surface area contributed by atoms with Gasteiger partial charge < -0.3 is 19.3 Å². The normalized spacial score (nSPS) is 12.9. The van der Waals surface area contributed by atoms with Crippen LogP contribution in [0.1, 0.15) is 39.4 Å². The summed E-state index contributed by atoms with van der Waals surface area (Å²) in [6.07, 6.45) is -0.269. The van der Waals surface area contributed by atoms with Crippen molar-refractivity contribution in [3.8, 4) is 5.75 Å². The lowest BCUT2D eigenvalue weighted by Crippen LogP contribution is -2.13. The molecule has 4 heteroatoms. The average Bonchev–Trinajstić information content (AvgIpc) is 2.38. The molecular formula is C16H26O4. The summed E-state index contributed by atoms with van der Waals surface area (Å²) in [6, 6.07) is 7.44. The van der Waals surface area contributed by atoms with Gasteiger partial charge in [0.15, 0.2) is 0 Å². The van der Waals surface area contributed by atoms with Gasteiger partial charge in [-0.05, 0) is 45.4 Å². The molecular weight excluding hydrogens is 256 g/mol. The molecule has 0 saturated carbocycles. The van der Waals surface area contributed by atoms with Gasteiger partial charge in [0.1, 0.15) is 11.9 Å². The first-order valence-electron chi connectivity index (χ1n) is 7.13. The molecule has 0 saturated heterocycles. The molecule has 0 spiro atoms. The van der Waals surface area contributed by atoms with Gasteiger partial charge in [-0.25, -0.2) is 0 Å². The fourth-order valence-electron chi connectivity index (χ4n) is 1.67. The summed E-state index contributed by atoms with van der Waals surface area (Å²) in [6.45, 7) is 9.23. The van der Waals surface area contributed by atoms with Crippen LogP contribution >= 0.6 is 0 Å². The van der Waals surface area contributed by atoms with Crippen LogP contribution in [0.25, 0.3) is 0 Å². The number of aliphatic hydroxyl groups is 1. The summed E-state index contributed by atoms with van der Waals surface area (Å²) in [5.74, 6) is 0.808. The minimum atomic E-state index is -0.623. The van der Waals surface area contributed by atoms with Crippen molar-refractivity contribution in [2.75, 3.05) is 19.8 Å². The Morgan fingerprint density at radius 2 is 1.60 bits per heavy atom. The Kier molecular flexibility index (Phi) is 7.59. The molecule has 1 N–H and O–H groups in total. The number of hydrogen-bond acceptors (Lipinski definition) is 4. The van der Waals surface area contributed by atoms with Crippen LogP contribution < -0.4 is 4.74 Å². The van der Waals surface area contributed by atoms with Gasteiger partial charge in [0.25, 0.3) is 0 Å². The maximum Gasteiger partial charge on any atom is 0.119 e. The number of ether oxygens (including phenoxy) is 3. The van der Waals surface area contributed by atoms with E-state index < -0.39 is 6.10 Å². The largest absolute Gasteiger partial charge is 0.491 e. The van der Waals surface area contributed by atoms with Crippen molar-refractivity contribution < 1.29 is 19.3 Å². The van der Waals surface area contributed by atoms with Crippen LogP contribution in [0.3, 0.4) is 0 Å². The number of rotatable bonds is 9. The minimum Gasteiger partial charge on any atom is -0.491 e. The Labute approximate surface area is 121 Å². The number of benzene rings is 1. The Hall–Kier alpha value is -1.10. The fraction of sp³-hybridized carbons (Fsp3) is 0.625. The zero-order valence-corrected chi connectivity index (χ0v) is 12.8. The molecule has 1 aromatic carbocycles. The third-order valence-corrected chi connectivity index (χ3v) is 2.59. The zero-order valence-electron chi connectivity index (χ0n) is 12.8. The van der Waals surface area contributed by atoms with Crippen LogP contribution in [0.4, 0.5) is 0 Å². The van der Waals surface area contributed by atoms with E-state index in [1.807, 2.05) is 52.0 Å². The van der Waals surface area contributed by atoms with Gasteiger partial charge in [-0.3, -0.25) is 0 Å². The Morgan fingerprint density at radius 1 is 0.950 bits per heavy atom. The minimum absolute atomic E-state index is 0.148. The van der Waals surface area contributed by atoms with Crippen molar-refractivity contribution in [2.45, 2.75) is 46.0 Å². The second kappa shape index (κ2) is 8.95. The quantitative estimate of drug-likeness (QED) is 0.707. The van der Waals surface area contributed by atoms with Gasteiger partial charge >= 0.3 is 0 Å². The van der Waals surface area contributed by atoms with E-state index in [1.165, 1.54) is 0 Å². The van der Waals surface area contributed by atoms with Crippen LogP contribution in [0.5, 0.6) is 5.75 Å². The molecule has 1 rings (SSSR count). The second-order valence-corrected chi connectivity index (χ2v) is 5.25. The van der Waals surface area contributed by atoms with E-state index >= 15 is 0 Å². The van der Waals surface area contributed by atoms with Crippen molar-refractivity contribution in [3.63, 3.8) is 0 Å². The Bertz CT molecular complexity index is 359. The number of hydrogen-bond donors (Lipinski definition) is 1. The van der Waals surface area contributed by atoms with E-state index in [0.717, 1.165) is 11.3 Å². The summed E-state index contributed by atoms with van der Waals surface area (Å²) in [5.41, 5.74) is 0.825. The van der Waals surface area contributed by atoms with E-state index in [-0.39, 0.29) is 18.8 Å². The van der Waals surface area contributed by atoms with Crippen molar-refractivity contribution >= 4 is 0 Å². The maximum atomic E-state index is 10.00. The van der Waals surface area contributed by atoms with Crippen molar-refractivity contribution in [2.24, 2.45) is 0 Å². The average molecular weight is 282 g/mol. The van der Waals surface area contributed by atoms with Crippen molar-refractivity contribution in [3.05, 3.63) is 29.8 Å². The van der Waals surface area contributed by atoms with E-state index in [4.69, 9.17) is 14.2 Å². The molecule has 20 heavy (non-hydrogen) atoms. The summed E-state index contributed by atoms with van der Waals surface area (Å²) in [7, 11) is 0. The Balaban J connectivity index is 2.30. The lowest BCUT2D eigenvalue weighted by molar-refractivity contribution is -0.0110. The first kappa shape index (κ1) is 17.0. The van der Waals surface area contributed by atoms with Crippen molar-refractivity contribution in [1.82, 2.24) is 0 Å². The highest BCUT2D eigenvalue weighted by atomic mass is 16.5. The second-order valence-electron chi connectivity index (χ2n) is 5.25. The Morgan fingerprint density at radius 3 is 2.15 bits per heavy atom. The van der Waals surface area contributed by atoms with Gasteiger partial charge in [0.2, 0.25) is 0 Å². The summed E-state index contributed by atoms with van der Waals surface area (Å²) >= 11 is 0. The molecule has 0 amide bonds. The van der Waals surface area contributed by atoms with E-state index in [9.17, 15) is 5.11 Å². The lowest BCUT2D eigenvalue weighted by atomic mass is 10.1. The van der Waals surface area contributed by atoms with Gasteiger partial charge in [-0.15, -0.1) is 0 Å². The van der Waals surface area contributed by atoms with Gasteiger partial charge in [-0.2, -0.15) is 0 Å². The molecule has 1 aromatic rings. The molecule has 114 valence electrons. The molecule has 0 aliphatic carbocycles. The SMILES string of the molecule is CC(C)OCCOCC(O)c1ccc(OC(C)C)cc1. The number of aliphatic hydroxyl groups excluding tert-OH is 1. The van der Waals surface area contributed by atoms with Gasteiger partial charge in [0.05, 0.1) is 32.0 Å². The molecule has 0 aliphatic rings. The van der Waals surface area contributed by atoms with Crippen LogP contribution in [0.15, 0.2) is 24.3 Å². The molecule has 1 atom stereocenters. The first-order chi connectivity index (χ1) is 9.49. The highest BCUT2D eigenvalue weighted by molar-refractivity contribution is 5.28. The summed E-state index contributed by atoms with van der Waals surface area (Å²) in [4.78, 5) is 0. The van der Waals surface area contributed by atoms with E-state index in [0.29, 0.717) is 13.2 Å². The molecule has 1 unspecified atom stereocenters. The molecule has 4 nitrogen and oxygen atoms in total. The third-order valence-electron chi connectivity index (χ3n) is 2.59. The van der Waals surface area contributed by atoms with E-state index in [1.54, 1.807) is 0 Å². The van der Waals surface area contributed by atoms with Crippen molar-refractivity contribution in [1.29, 1.82) is 0 Å². The highest BCUT2D eigenvalue weighted by Crippen LogP contribution is 2.18. The smallest absolute Gasteiger partial charge is 0.119 e. The molecule has 0 fully saturated rings. The molecule has 0 aliphatic heterocycles. The lowest BCUT2D eigenvalue weighted by Gasteiger charge is -2.14. The third kappa shape index (κ3) is 6.89. The predicted molar refractivity (Wildman–Crippen MR) is 79.1 cm³/mol. The predicted octanol–water partition coefficient (Wildman–Crippen LogP) is 2.95. The molecule has 0 aromatic heterocycles. The van der Waals surface area contributed by atoms with Crippen LogP contribution in [0.2, 0.25) is 0 Å². The molecule has 0 heterocycles. The standard InChI is InChI=1S/C16H26O4/c1-12(2)19-10-9-18-11-16(17)14-5-7-15(8-6-14)20-13(3)4/h5-8,12-13,16-17H,9-11H2,1-4H3. The summed E-state index contributed by atoms with van der Waals surface area (Å²) < 4.78 is 16.3. The van der Waals surface area contributed by atoms with E-state index in [2.05, 4.69) is 0 Å². The van der Waals surface area contributed by atoms with Crippen LogP contribution in [0, 0.1) is 0 Å². The van der Waals surface area contributed by atoms with Gasteiger partial charge in [0, 0.05) is 0 Å². The van der Waals surface area contributed by atoms with Crippen LogP contribution in [-0.4, -0.2) is 37.1 Å². The fourth-order valence-corrected chi connectivity index (χ4v) is 1.67. The molecule has 0 radical (unpaired) electrons. The topological polar surface area (TPSA) is 47.9 Å². The monoisotopic (exact) mass is 282 g/mol.